The molecule has 0 radical (unpaired) electrons. The van der Waals surface area contributed by atoms with Crippen molar-refractivity contribution in [3.8, 4) is 0 Å². The Kier molecular flexibility index (Phi) is 5.41. The Morgan fingerprint density at radius 3 is 2.50 bits per heavy atom. The second kappa shape index (κ2) is 7.31. The summed E-state index contributed by atoms with van der Waals surface area (Å²) in [5, 5.41) is 11.7. The van der Waals surface area contributed by atoms with Crippen LogP contribution in [0.3, 0.4) is 0 Å². The Morgan fingerprint density at radius 1 is 1.25 bits per heavy atom. The van der Waals surface area contributed by atoms with Crippen LogP contribution in [0.5, 0.6) is 0 Å². The van der Waals surface area contributed by atoms with E-state index in [1.165, 1.54) is 18.2 Å². The van der Waals surface area contributed by atoms with E-state index in [1.54, 1.807) is 50.2 Å². The van der Waals surface area contributed by atoms with Gasteiger partial charge in [0.05, 0.1) is 10.5 Å². The normalized spacial score (nSPS) is 11.7. The Labute approximate surface area is 144 Å². The minimum atomic E-state index is -0.643. The van der Waals surface area contributed by atoms with Crippen molar-refractivity contribution in [1.29, 1.82) is 0 Å². The van der Waals surface area contributed by atoms with Crippen molar-refractivity contribution in [2.45, 2.75) is 13.0 Å². The number of nitro groups is 1. The number of benzene rings is 2. The molecule has 7 heteroatoms. The first-order valence-electron chi connectivity index (χ1n) is 7.22. The standard InChI is InChI=1S/C17H17ClN2O4/c1-11(13-6-4-5-7-14(13)18)24-17(21)12-8-9-15(19(2)3)16(10-12)20(22)23/h4-11H,1-3H3/t11-/m0/s1. The van der Waals surface area contributed by atoms with Gasteiger partial charge in [0, 0.05) is 30.7 Å². The average Bonchev–Trinajstić information content (AvgIpc) is 2.54. The maximum absolute atomic E-state index is 12.3. The Morgan fingerprint density at radius 2 is 1.92 bits per heavy atom. The topological polar surface area (TPSA) is 72.7 Å². The van der Waals surface area contributed by atoms with Gasteiger partial charge >= 0.3 is 5.97 Å². The third-order valence-corrected chi connectivity index (χ3v) is 3.86. The summed E-state index contributed by atoms with van der Waals surface area (Å²) in [6.45, 7) is 1.70. The number of hydrogen-bond donors (Lipinski definition) is 0. The lowest BCUT2D eigenvalue weighted by Crippen LogP contribution is -2.13. The van der Waals surface area contributed by atoms with Crippen molar-refractivity contribution in [3.05, 3.63) is 68.7 Å². The van der Waals surface area contributed by atoms with Crippen LogP contribution in [0.2, 0.25) is 5.02 Å². The van der Waals surface area contributed by atoms with E-state index < -0.39 is 17.0 Å². The largest absolute Gasteiger partial charge is 0.454 e. The highest BCUT2D eigenvalue weighted by Gasteiger charge is 2.21. The van der Waals surface area contributed by atoms with E-state index in [-0.39, 0.29) is 11.3 Å². The number of nitro benzene ring substituents is 1. The molecule has 24 heavy (non-hydrogen) atoms. The van der Waals surface area contributed by atoms with Gasteiger partial charge < -0.3 is 9.64 Å². The lowest BCUT2D eigenvalue weighted by atomic mass is 10.1. The van der Waals surface area contributed by atoms with Crippen LogP contribution in [-0.2, 0) is 4.74 Å². The fourth-order valence-corrected chi connectivity index (χ4v) is 2.56. The van der Waals surface area contributed by atoms with Gasteiger partial charge in [-0.2, -0.15) is 0 Å². The summed E-state index contributed by atoms with van der Waals surface area (Å²) in [7, 11) is 3.39. The quantitative estimate of drug-likeness (QED) is 0.459. The molecule has 126 valence electrons. The number of ether oxygens (including phenoxy) is 1. The molecule has 0 aliphatic rings. The number of esters is 1. The number of anilines is 1. The fourth-order valence-electron chi connectivity index (χ4n) is 2.27. The number of rotatable bonds is 5. The zero-order chi connectivity index (χ0) is 17.9. The van der Waals surface area contributed by atoms with Gasteiger partial charge in [0.1, 0.15) is 11.8 Å². The molecule has 0 N–H and O–H groups in total. The van der Waals surface area contributed by atoms with Crippen LogP contribution in [0.1, 0.15) is 28.9 Å². The fraction of sp³-hybridized carbons (Fsp3) is 0.235. The van der Waals surface area contributed by atoms with Crippen LogP contribution in [0.25, 0.3) is 0 Å². The van der Waals surface area contributed by atoms with E-state index >= 15 is 0 Å². The molecule has 0 saturated heterocycles. The van der Waals surface area contributed by atoms with Gasteiger partial charge in [0.25, 0.3) is 5.69 Å². The van der Waals surface area contributed by atoms with Crippen molar-refractivity contribution in [1.82, 2.24) is 0 Å². The smallest absolute Gasteiger partial charge is 0.338 e. The maximum atomic E-state index is 12.3. The molecule has 1 atom stereocenters. The summed E-state index contributed by atoms with van der Waals surface area (Å²) in [4.78, 5) is 24.6. The van der Waals surface area contributed by atoms with E-state index in [2.05, 4.69) is 0 Å². The van der Waals surface area contributed by atoms with Crippen molar-refractivity contribution in [2.75, 3.05) is 19.0 Å². The van der Waals surface area contributed by atoms with Crippen LogP contribution >= 0.6 is 11.6 Å². The lowest BCUT2D eigenvalue weighted by Gasteiger charge is -2.16. The van der Waals surface area contributed by atoms with E-state index in [4.69, 9.17) is 16.3 Å². The molecule has 0 aliphatic heterocycles. The molecule has 0 unspecified atom stereocenters. The first-order chi connectivity index (χ1) is 11.3. The number of nitrogens with zero attached hydrogens (tertiary/aromatic N) is 2. The summed E-state index contributed by atoms with van der Waals surface area (Å²) >= 11 is 6.08. The Hall–Kier alpha value is -2.60. The van der Waals surface area contributed by atoms with Crippen LogP contribution in [0.4, 0.5) is 11.4 Å². The zero-order valence-electron chi connectivity index (χ0n) is 13.5. The third-order valence-electron chi connectivity index (χ3n) is 3.52. The summed E-state index contributed by atoms with van der Waals surface area (Å²) in [5.74, 6) is -0.643. The molecule has 0 saturated carbocycles. The monoisotopic (exact) mass is 348 g/mol. The van der Waals surface area contributed by atoms with E-state index in [0.717, 1.165) is 0 Å². The van der Waals surface area contributed by atoms with Gasteiger partial charge in [0.15, 0.2) is 0 Å². The van der Waals surface area contributed by atoms with Crippen LogP contribution in [-0.4, -0.2) is 25.0 Å². The molecule has 0 aliphatic carbocycles. The number of halogens is 1. The summed E-state index contributed by atoms with van der Waals surface area (Å²) in [5.41, 5.74) is 1.05. The average molecular weight is 349 g/mol. The number of carbonyl (C=O) groups excluding carboxylic acids is 1. The predicted octanol–water partition coefficient (Wildman–Crippen LogP) is 4.23. The Balaban J connectivity index is 2.25. The van der Waals surface area contributed by atoms with E-state index in [0.29, 0.717) is 16.3 Å². The summed E-state index contributed by atoms with van der Waals surface area (Å²) < 4.78 is 5.38. The molecule has 0 amide bonds. The molecule has 2 aromatic rings. The van der Waals surface area contributed by atoms with Gasteiger partial charge in [-0.25, -0.2) is 4.79 Å². The lowest BCUT2D eigenvalue weighted by molar-refractivity contribution is -0.384. The molecular weight excluding hydrogens is 332 g/mol. The third kappa shape index (κ3) is 3.83. The minimum Gasteiger partial charge on any atom is -0.454 e. The number of hydrogen-bond acceptors (Lipinski definition) is 5. The van der Waals surface area contributed by atoms with Gasteiger partial charge in [0.2, 0.25) is 0 Å². The van der Waals surface area contributed by atoms with Crippen LogP contribution in [0, 0.1) is 10.1 Å². The highest BCUT2D eigenvalue weighted by Crippen LogP contribution is 2.30. The molecule has 0 aromatic heterocycles. The predicted molar refractivity (Wildman–Crippen MR) is 92.7 cm³/mol. The van der Waals surface area contributed by atoms with Crippen LogP contribution in [0.15, 0.2) is 42.5 Å². The zero-order valence-corrected chi connectivity index (χ0v) is 14.3. The van der Waals surface area contributed by atoms with Gasteiger partial charge in [-0.05, 0) is 25.1 Å². The molecule has 2 rings (SSSR count). The van der Waals surface area contributed by atoms with Gasteiger partial charge in [-0.15, -0.1) is 0 Å². The van der Waals surface area contributed by atoms with Crippen LogP contribution < -0.4 is 4.90 Å². The maximum Gasteiger partial charge on any atom is 0.338 e. The van der Waals surface area contributed by atoms with Crippen molar-refractivity contribution < 1.29 is 14.5 Å². The molecule has 0 fully saturated rings. The molecule has 6 nitrogen and oxygen atoms in total. The Bertz CT molecular complexity index is 777. The molecule has 2 aromatic carbocycles. The SMILES string of the molecule is C[C@H](OC(=O)c1ccc(N(C)C)c([N+](=O)[O-])c1)c1ccccc1Cl. The highest BCUT2D eigenvalue weighted by atomic mass is 35.5. The molecular formula is C17H17ClN2O4. The molecule has 0 bridgehead atoms. The molecule has 0 spiro atoms. The first-order valence-corrected chi connectivity index (χ1v) is 7.60. The summed E-state index contributed by atoms with van der Waals surface area (Å²) in [6, 6.07) is 11.3. The van der Waals surface area contributed by atoms with Crippen molar-refractivity contribution in [3.63, 3.8) is 0 Å². The van der Waals surface area contributed by atoms with Gasteiger partial charge in [-0.1, -0.05) is 29.8 Å². The minimum absolute atomic E-state index is 0.117. The van der Waals surface area contributed by atoms with E-state index in [9.17, 15) is 14.9 Å². The van der Waals surface area contributed by atoms with E-state index in [1.807, 2.05) is 0 Å². The second-order valence-electron chi connectivity index (χ2n) is 5.42. The van der Waals surface area contributed by atoms with Crippen molar-refractivity contribution >= 4 is 28.9 Å². The van der Waals surface area contributed by atoms with Gasteiger partial charge in [-0.3, -0.25) is 10.1 Å². The first kappa shape index (κ1) is 17.7. The summed E-state index contributed by atoms with van der Waals surface area (Å²) in [6.07, 6.45) is -0.571. The highest BCUT2D eigenvalue weighted by molar-refractivity contribution is 6.31. The molecule has 0 heterocycles. The number of carbonyl (C=O) groups is 1. The van der Waals surface area contributed by atoms with Crippen molar-refractivity contribution in [2.24, 2.45) is 0 Å². The second-order valence-corrected chi connectivity index (χ2v) is 5.83.